The number of amides is 1. The van der Waals surface area contributed by atoms with Gasteiger partial charge in [-0.25, -0.2) is 5.43 Å². The topological polar surface area (TPSA) is 59.5 Å². The minimum absolute atomic E-state index is 0.238. The number of nitrogens with one attached hydrogen (secondary N) is 1. The molecule has 1 N–H and O–H groups in total. The molecule has 0 aliphatic heterocycles. The Morgan fingerprint density at radius 3 is 2.68 bits per heavy atom. The fraction of sp³-hybridized carbons (Fsp3) is 0.100. The lowest BCUT2D eigenvalue weighted by molar-refractivity contribution is 0.0954. The highest BCUT2D eigenvalue weighted by atomic mass is 16.3. The number of allylic oxidation sites excluding steroid dienone is 1. The van der Waals surface area contributed by atoms with Crippen molar-refractivity contribution in [2.45, 2.75) is 13.8 Å². The van der Waals surface area contributed by atoms with Gasteiger partial charge in [-0.05, 0) is 56.3 Å². The number of hydrogen-bond donors (Lipinski definition) is 1. The Balaban J connectivity index is 1.71. The van der Waals surface area contributed by atoms with E-state index in [0.29, 0.717) is 5.56 Å². The predicted octanol–water partition coefficient (Wildman–Crippen LogP) is 4.12. The van der Waals surface area contributed by atoms with Crippen LogP contribution in [0.1, 0.15) is 27.5 Å². The Kier molecular flexibility index (Phi) is 4.95. The van der Waals surface area contributed by atoms with Crippen LogP contribution in [0.5, 0.6) is 0 Å². The maximum Gasteiger partial charge on any atom is 0.273 e. The SMILES string of the molecule is Cc1cc(C(=O)NN=C/C=C/c2ccco2)c(C)n1-c1ccccc1. The van der Waals surface area contributed by atoms with E-state index in [1.54, 1.807) is 24.5 Å². The van der Waals surface area contributed by atoms with Crippen LogP contribution in [0.2, 0.25) is 0 Å². The van der Waals surface area contributed by atoms with E-state index in [2.05, 4.69) is 15.1 Å². The zero-order chi connectivity index (χ0) is 17.6. The molecular formula is C20H19N3O2. The van der Waals surface area contributed by atoms with Crippen LogP contribution in [0, 0.1) is 13.8 Å². The van der Waals surface area contributed by atoms with Gasteiger partial charge in [0.05, 0.1) is 11.8 Å². The average molecular weight is 333 g/mol. The first-order chi connectivity index (χ1) is 12.2. The number of hydrogen-bond acceptors (Lipinski definition) is 3. The number of carbonyl (C=O) groups is 1. The van der Waals surface area contributed by atoms with Gasteiger partial charge in [-0.3, -0.25) is 4.79 Å². The van der Waals surface area contributed by atoms with Gasteiger partial charge in [0.15, 0.2) is 0 Å². The van der Waals surface area contributed by atoms with Gasteiger partial charge in [-0.2, -0.15) is 5.10 Å². The molecule has 1 aromatic carbocycles. The van der Waals surface area contributed by atoms with E-state index in [4.69, 9.17) is 4.42 Å². The average Bonchev–Trinajstić information content (AvgIpc) is 3.23. The first kappa shape index (κ1) is 16.5. The quantitative estimate of drug-likeness (QED) is 0.564. The number of nitrogens with zero attached hydrogens (tertiary/aromatic N) is 2. The lowest BCUT2D eigenvalue weighted by Crippen LogP contribution is -2.18. The molecule has 0 fully saturated rings. The maximum absolute atomic E-state index is 12.4. The molecule has 0 spiro atoms. The second-order valence-electron chi connectivity index (χ2n) is 5.55. The van der Waals surface area contributed by atoms with Gasteiger partial charge < -0.3 is 8.98 Å². The molecule has 1 amide bonds. The molecule has 0 atom stereocenters. The summed E-state index contributed by atoms with van der Waals surface area (Å²) >= 11 is 0. The van der Waals surface area contributed by atoms with Gasteiger partial charge in [0.2, 0.25) is 0 Å². The van der Waals surface area contributed by atoms with Gasteiger partial charge in [-0.1, -0.05) is 18.2 Å². The van der Waals surface area contributed by atoms with Crippen molar-refractivity contribution in [1.29, 1.82) is 0 Å². The highest BCUT2D eigenvalue weighted by molar-refractivity contribution is 5.96. The highest BCUT2D eigenvalue weighted by Crippen LogP contribution is 2.20. The summed E-state index contributed by atoms with van der Waals surface area (Å²) < 4.78 is 7.22. The summed E-state index contributed by atoms with van der Waals surface area (Å²) in [5, 5.41) is 3.94. The first-order valence-corrected chi connectivity index (χ1v) is 7.95. The van der Waals surface area contributed by atoms with Crippen molar-refractivity contribution in [3.63, 3.8) is 0 Å². The summed E-state index contributed by atoms with van der Waals surface area (Å²) in [5.74, 6) is 0.488. The Bertz CT molecular complexity index is 904. The zero-order valence-corrected chi connectivity index (χ0v) is 14.1. The van der Waals surface area contributed by atoms with E-state index in [-0.39, 0.29) is 5.91 Å². The molecule has 0 aliphatic rings. The van der Waals surface area contributed by atoms with Crippen LogP contribution in [0.4, 0.5) is 0 Å². The smallest absolute Gasteiger partial charge is 0.273 e. The standard InChI is InChI=1S/C20H19N3O2/c1-15-14-19(16(2)23(15)17-8-4-3-5-9-17)20(24)22-21-12-6-10-18-11-7-13-25-18/h3-14H,1-2H3,(H,22,24)/b10-6+,21-12?. The van der Waals surface area contributed by atoms with Crippen LogP contribution >= 0.6 is 0 Å². The Morgan fingerprint density at radius 1 is 1.16 bits per heavy atom. The molecule has 2 aromatic heterocycles. The number of carbonyl (C=O) groups excluding carboxylic acids is 1. The first-order valence-electron chi connectivity index (χ1n) is 7.95. The zero-order valence-electron chi connectivity index (χ0n) is 14.1. The largest absolute Gasteiger partial charge is 0.465 e. The van der Waals surface area contributed by atoms with Crippen molar-refractivity contribution in [3.8, 4) is 5.69 Å². The van der Waals surface area contributed by atoms with E-state index >= 15 is 0 Å². The molecule has 0 radical (unpaired) electrons. The van der Waals surface area contributed by atoms with Crippen molar-refractivity contribution in [3.05, 3.63) is 83.6 Å². The molecule has 3 rings (SSSR count). The molecule has 0 aliphatic carbocycles. The van der Waals surface area contributed by atoms with Gasteiger partial charge in [-0.15, -0.1) is 0 Å². The molecule has 0 bridgehead atoms. The van der Waals surface area contributed by atoms with Crippen molar-refractivity contribution < 1.29 is 9.21 Å². The summed E-state index contributed by atoms with van der Waals surface area (Å²) in [6.45, 7) is 3.90. The molecule has 3 aromatic rings. The van der Waals surface area contributed by atoms with Crippen LogP contribution in [-0.2, 0) is 0 Å². The van der Waals surface area contributed by atoms with Gasteiger partial charge in [0.1, 0.15) is 5.76 Å². The fourth-order valence-corrected chi connectivity index (χ4v) is 2.69. The van der Waals surface area contributed by atoms with E-state index in [1.165, 1.54) is 6.21 Å². The third kappa shape index (κ3) is 3.77. The van der Waals surface area contributed by atoms with E-state index in [0.717, 1.165) is 22.8 Å². The number of aryl methyl sites for hydroxylation is 1. The van der Waals surface area contributed by atoms with Crippen LogP contribution < -0.4 is 5.43 Å². The van der Waals surface area contributed by atoms with Crippen LogP contribution in [-0.4, -0.2) is 16.7 Å². The molecule has 25 heavy (non-hydrogen) atoms. The molecule has 5 nitrogen and oxygen atoms in total. The molecule has 0 saturated heterocycles. The Labute approximate surface area is 146 Å². The van der Waals surface area contributed by atoms with Crippen molar-refractivity contribution >= 4 is 18.2 Å². The maximum atomic E-state index is 12.4. The number of furan rings is 1. The summed E-state index contributed by atoms with van der Waals surface area (Å²) in [7, 11) is 0. The minimum Gasteiger partial charge on any atom is -0.465 e. The van der Waals surface area contributed by atoms with Crippen LogP contribution in [0.3, 0.4) is 0 Å². The Morgan fingerprint density at radius 2 is 1.96 bits per heavy atom. The number of para-hydroxylation sites is 1. The van der Waals surface area contributed by atoms with E-state index in [1.807, 2.05) is 56.3 Å². The number of hydrazone groups is 1. The van der Waals surface area contributed by atoms with Crippen LogP contribution in [0.25, 0.3) is 11.8 Å². The highest BCUT2D eigenvalue weighted by Gasteiger charge is 2.15. The normalized spacial score (nSPS) is 11.4. The lowest BCUT2D eigenvalue weighted by Gasteiger charge is -2.09. The molecule has 2 heterocycles. The Hall–Kier alpha value is -3.34. The van der Waals surface area contributed by atoms with Gasteiger partial charge >= 0.3 is 0 Å². The van der Waals surface area contributed by atoms with E-state index < -0.39 is 0 Å². The number of aromatic nitrogens is 1. The molecule has 126 valence electrons. The molecule has 0 unspecified atom stereocenters. The summed E-state index contributed by atoms with van der Waals surface area (Å²) in [5.41, 5.74) is 6.05. The second kappa shape index (κ2) is 7.49. The third-order valence-electron chi connectivity index (χ3n) is 3.82. The summed E-state index contributed by atoms with van der Waals surface area (Å²) in [6.07, 6.45) is 6.57. The summed E-state index contributed by atoms with van der Waals surface area (Å²) in [6, 6.07) is 15.5. The number of benzene rings is 1. The monoisotopic (exact) mass is 333 g/mol. The van der Waals surface area contributed by atoms with Crippen molar-refractivity contribution in [1.82, 2.24) is 9.99 Å². The van der Waals surface area contributed by atoms with Gasteiger partial charge in [0.25, 0.3) is 5.91 Å². The fourth-order valence-electron chi connectivity index (χ4n) is 2.69. The van der Waals surface area contributed by atoms with E-state index in [9.17, 15) is 4.79 Å². The van der Waals surface area contributed by atoms with Crippen molar-refractivity contribution in [2.75, 3.05) is 0 Å². The lowest BCUT2D eigenvalue weighted by atomic mass is 10.2. The second-order valence-corrected chi connectivity index (χ2v) is 5.55. The third-order valence-corrected chi connectivity index (χ3v) is 3.82. The predicted molar refractivity (Wildman–Crippen MR) is 98.9 cm³/mol. The van der Waals surface area contributed by atoms with Gasteiger partial charge in [0, 0.05) is 23.3 Å². The summed E-state index contributed by atoms with van der Waals surface area (Å²) in [4.78, 5) is 12.4. The molecule has 5 heteroatoms. The minimum atomic E-state index is -0.238. The molecule has 0 saturated carbocycles. The number of rotatable bonds is 5. The van der Waals surface area contributed by atoms with Crippen LogP contribution in [0.15, 0.2) is 70.4 Å². The molecular weight excluding hydrogens is 314 g/mol. The van der Waals surface area contributed by atoms with Crippen molar-refractivity contribution in [2.24, 2.45) is 5.10 Å².